The van der Waals surface area contributed by atoms with Crippen LogP contribution in [0.2, 0.25) is 10.0 Å². The molecule has 0 aliphatic carbocycles. The summed E-state index contributed by atoms with van der Waals surface area (Å²) in [4.78, 5) is 17.4. The Morgan fingerprint density at radius 2 is 1.68 bits per heavy atom. The summed E-state index contributed by atoms with van der Waals surface area (Å²) in [5, 5.41) is 4.95. The number of ketones is 1. The number of carbonyl (C=O) groups is 1. The average Bonchev–Trinajstić information content (AvgIpc) is 3.18. The molecule has 0 saturated carbocycles. The van der Waals surface area contributed by atoms with Gasteiger partial charge in [-0.05, 0) is 31.2 Å². The van der Waals surface area contributed by atoms with Gasteiger partial charge in [-0.3, -0.25) is 4.79 Å². The number of aryl methyl sites for hydroxylation is 1. The van der Waals surface area contributed by atoms with E-state index < -0.39 is 0 Å². The molecule has 1 aromatic heterocycles. The Balaban J connectivity index is 1.74. The molecular weight excluding hydrogens is 395 g/mol. The summed E-state index contributed by atoms with van der Waals surface area (Å²) in [5.41, 5.74) is 3.34. The summed E-state index contributed by atoms with van der Waals surface area (Å²) in [6.07, 6.45) is 0. The fourth-order valence-electron chi connectivity index (χ4n) is 2.84. The van der Waals surface area contributed by atoms with E-state index in [-0.39, 0.29) is 11.7 Å². The molecule has 0 aliphatic heterocycles. The number of hydrogen-bond donors (Lipinski definition) is 0. The van der Waals surface area contributed by atoms with Crippen molar-refractivity contribution in [2.24, 2.45) is 0 Å². The Hall–Kier alpha value is -2.95. The number of nitrogens with zero attached hydrogens (tertiary/aromatic N) is 2. The summed E-state index contributed by atoms with van der Waals surface area (Å²) in [6, 6.07) is 19.6. The van der Waals surface area contributed by atoms with Crippen molar-refractivity contribution < 1.29 is 9.32 Å². The second kappa shape index (κ2) is 7.58. The number of hydrogen-bond acceptors (Lipinski definition) is 4. The standard InChI is InChI=1S/C22H14Cl2N2O2/c1-13-6-8-14(9-7-13)20(27)16-4-2-3-5-17(16)22-25-21(26-28-22)18-11-10-15(23)12-19(18)24/h2-12H,1H3. The Bertz CT molecular complexity index is 1170. The van der Waals surface area contributed by atoms with E-state index in [2.05, 4.69) is 10.1 Å². The molecule has 4 aromatic rings. The van der Waals surface area contributed by atoms with Crippen molar-refractivity contribution in [2.75, 3.05) is 0 Å². The van der Waals surface area contributed by atoms with Crippen LogP contribution in [0.25, 0.3) is 22.8 Å². The van der Waals surface area contributed by atoms with Gasteiger partial charge in [0.1, 0.15) is 0 Å². The van der Waals surface area contributed by atoms with Gasteiger partial charge < -0.3 is 4.52 Å². The van der Waals surface area contributed by atoms with Crippen LogP contribution in [-0.2, 0) is 0 Å². The lowest BCUT2D eigenvalue weighted by atomic mass is 9.97. The average molecular weight is 409 g/mol. The molecule has 28 heavy (non-hydrogen) atoms. The molecule has 0 saturated heterocycles. The van der Waals surface area contributed by atoms with Crippen LogP contribution in [0.15, 0.2) is 71.3 Å². The van der Waals surface area contributed by atoms with Crippen LogP contribution in [0.3, 0.4) is 0 Å². The van der Waals surface area contributed by atoms with Gasteiger partial charge in [-0.15, -0.1) is 0 Å². The molecule has 0 bridgehead atoms. The molecule has 0 amide bonds. The molecule has 1 heterocycles. The Kier molecular flexibility index (Phi) is 4.99. The van der Waals surface area contributed by atoms with Crippen LogP contribution < -0.4 is 0 Å². The van der Waals surface area contributed by atoms with Gasteiger partial charge in [-0.1, -0.05) is 76.4 Å². The van der Waals surface area contributed by atoms with Gasteiger partial charge in [0.05, 0.1) is 10.6 Å². The van der Waals surface area contributed by atoms with E-state index >= 15 is 0 Å². The molecule has 0 fully saturated rings. The highest BCUT2D eigenvalue weighted by Crippen LogP contribution is 2.31. The molecule has 0 atom stereocenters. The molecular formula is C22H14Cl2N2O2. The highest BCUT2D eigenvalue weighted by atomic mass is 35.5. The zero-order valence-electron chi connectivity index (χ0n) is 14.8. The third-order valence-electron chi connectivity index (χ3n) is 4.31. The van der Waals surface area contributed by atoms with Crippen LogP contribution in [0.5, 0.6) is 0 Å². The first-order chi connectivity index (χ1) is 13.5. The number of halogens is 2. The van der Waals surface area contributed by atoms with Crippen LogP contribution in [-0.4, -0.2) is 15.9 Å². The molecule has 3 aromatic carbocycles. The van der Waals surface area contributed by atoms with Crippen LogP contribution in [0, 0.1) is 6.92 Å². The lowest BCUT2D eigenvalue weighted by molar-refractivity contribution is 0.103. The Labute approximate surface area is 171 Å². The maximum Gasteiger partial charge on any atom is 0.258 e. The van der Waals surface area contributed by atoms with Crippen molar-refractivity contribution >= 4 is 29.0 Å². The third-order valence-corrected chi connectivity index (χ3v) is 4.86. The number of rotatable bonds is 4. The fourth-order valence-corrected chi connectivity index (χ4v) is 3.33. The molecule has 0 N–H and O–H groups in total. The van der Waals surface area contributed by atoms with E-state index in [9.17, 15) is 4.79 Å². The van der Waals surface area contributed by atoms with E-state index in [1.165, 1.54) is 0 Å². The molecule has 0 unspecified atom stereocenters. The SMILES string of the molecule is Cc1ccc(C(=O)c2ccccc2-c2nc(-c3ccc(Cl)cc3Cl)no2)cc1. The van der Waals surface area contributed by atoms with E-state index in [1.54, 1.807) is 48.5 Å². The van der Waals surface area contributed by atoms with Gasteiger partial charge >= 0.3 is 0 Å². The van der Waals surface area contributed by atoms with Crippen LogP contribution >= 0.6 is 23.2 Å². The molecule has 4 nitrogen and oxygen atoms in total. The second-order valence-corrected chi connectivity index (χ2v) is 7.13. The van der Waals surface area contributed by atoms with Crippen molar-refractivity contribution in [1.29, 1.82) is 0 Å². The summed E-state index contributed by atoms with van der Waals surface area (Å²) in [7, 11) is 0. The number of aromatic nitrogens is 2. The molecule has 0 aliphatic rings. The summed E-state index contributed by atoms with van der Waals surface area (Å²) >= 11 is 12.2. The monoisotopic (exact) mass is 408 g/mol. The van der Waals surface area contributed by atoms with E-state index in [1.807, 2.05) is 25.1 Å². The Morgan fingerprint density at radius 1 is 0.929 bits per heavy atom. The van der Waals surface area contributed by atoms with Crippen molar-refractivity contribution in [3.63, 3.8) is 0 Å². The number of benzene rings is 3. The first-order valence-electron chi connectivity index (χ1n) is 8.53. The predicted molar refractivity (Wildman–Crippen MR) is 110 cm³/mol. The maximum atomic E-state index is 13.0. The van der Waals surface area contributed by atoms with Crippen molar-refractivity contribution in [2.45, 2.75) is 6.92 Å². The molecule has 0 spiro atoms. The highest BCUT2D eigenvalue weighted by molar-refractivity contribution is 6.36. The molecule has 4 rings (SSSR count). The van der Waals surface area contributed by atoms with Crippen LogP contribution in [0.4, 0.5) is 0 Å². The third kappa shape index (κ3) is 3.57. The molecule has 138 valence electrons. The topological polar surface area (TPSA) is 56.0 Å². The van der Waals surface area contributed by atoms with Gasteiger partial charge in [-0.2, -0.15) is 4.98 Å². The highest BCUT2D eigenvalue weighted by Gasteiger charge is 2.20. The minimum absolute atomic E-state index is 0.111. The van der Waals surface area contributed by atoms with E-state index in [0.29, 0.717) is 38.1 Å². The first-order valence-corrected chi connectivity index (χ1v) is 9.28. The lowest BCUT2D eigenvalue weighted by Crippen LogP contribution is -2.03. The van der Waals surface area contributed by atoms with E-state index in [0.717, 1.165) is 5.56 Å². The zero-order valence-corrected chi connectivity index (χ0v) is 16.3. The fraction of sp³-hybridized carbons (Fsp3) is 0.0455. The van der Waals surface area contributed by atoms with Crippen molar-refractivity contribution in [1.82, 2.24) is 10.1 Å². The van der Waals surface area contributed by atoms with Gasteiger partial charge in [0, 0.05) is 21.7 Å². The van der Waals surface area contributed by atoms with Gasteiger partial charge in [0.25, 0.3) is 5.89 Å². The summed E-state index contributed by atoms with van der Waals surface area (Å²) < 4.78 is 5.43. The van der Waals surface area contributed by atoms with Crippen molar-refractivity contribution in [3.05, 3.63) is 93.5 Å². The molecule has 6 heteroatoms. The number of carbonyl (C=O) groups excluding carboxylic acids is 1. The van der Waals surface area contributed by atoms with Gasteiger partial charge in [-0.25, -0.2) is 0 Å². The van der Waals surface area contributed by atoms with E-state index in [4.69, 9.17) is 27.7 Å². The normalized spacial score (nSPS) is 10.8. The first kappa shape index (κ1) is 18.4. The summed E-state index contributed by atoms with van der Waals surface area (Å²) in [6.45, 7) is 1.98. The predicted octanol–water partition coefficient (Wildman–Crippen LogP) is 6.25. The quantitative estimate of drug-likeness (QED) is 0.374. The largest absolute Gasteiger partial charge is 0.334 e. The van der Waals surface area contributed by atoms with Crippen molar-refractivity contribution in [3.8, 4) is 22.8 Å². The minimum atomic E-state index is -0.111. The maximum absolute atomic E-state index is 13.0. The van der Waals surface area contributed by atoms with Gasteiger partial charge in [0.2, 0.25) is 5.82 Å². The lowest BCUT2D eigenvalue weighted by Gasteiger charge is -2.06. The smallest absolute Gasteiger partial charge is 0.258 e. The molecule has 0 radical (unpaired) electrons. The Morgan fingerprint density at radius 3 is 2.43 bits per heavy atom. The van der Waals surface area contributed by atoms with Gasteiger partial charge in [0.15, 0.2) is 5.78 Å². The summed E-state index contributed by atoms with van der Waals surface area (Å²) in [5.74, 6) is 0.464. The zero-order chi connectivity index (χ0) is 19.7. The second-order valence-electron chi connectivity index (χ2n) is 6.29. The van der Waals surface area contributed by atoms with Crippen LogP contribution in [0.1, 0.15) is 21.5 Å². The minimum Gasteiger partial charge on any atom is -0.334 e.